The number of benzene rings is 2. The van der Waals surface area contributed by atoms with Crippen LogP contribution in [0.25, 0.3) is 22.6 Å². The van der Waals surface area contributed by atoms with Crippen LogP contribution in [0.4, 0.5) is 0 Å². The minimum Gasteiger partial charge on any atom is -0.436 e. The van der Waals surface area contributed by atoms with Crippen LogP contribution in [0.1, 0.15) is 50.7 Å². The van der Waals surface area contributed by atoms with Crippen molar-refractivity contribution in [3.63, 3.8) is 0 Å². The summed E-state index contributed by atoms with van der Waals surface area (Å²) in [4.78, 5) is 16.2. The maximum Gasteiger partial charge on any atom is 0.227 e. The number of thiocarbonyl (C=S) groups is 1. The molecule has 0 saturated heterocycles. The quantitative estimate of drug-likeness (QED) is 0.581. The third-order valence-corrected chi connectivity index (χ3v) is 4.71. The zero-order valence-electron chi connectivity index (χ0n) is 16.4. The lowest BCUT2D eigenvalue weighted by Gasteiger charge is -2.09. The van der Waals surface area contributed by atoms with Gasteiger partial charge >= 0.3 is 0 Å². The molecule has 0 atom stereocenters. The molecule has 0 spiro atoms. The summed E-state index contributed by atoms with van der Waals surface area (Å²) in [5.74, 6) is 0.999. The highest BCUT2D eigenvalue weighted by Gasteiger charge is 2.10. The number of oxazole rings is 1. The van der Waals surface area contributed by atoms with Crippen molar-refractivity contribution in [1.82, 2.24) is 15.6 Å². The van der Waals surface area contributed by atoms with Crippen LogP contribution >= 0.6 is 12.2 Å². The molecule has 0 saturated carbocycles. The fraction of sp³-hybridized carbons (Fsp3) is 0.318. The van der Waals surface area contributed by atoms with Gasteiger partial charge in [-0.2, -0.15) is 0 Å². The number of nitrogens with one attached hydrogen (secondary N) is 2. The zero-order chi connectivity index (χ0) is 20.1. The van der Waals surface area contributed by atoms with Gasteiger partial charge in [-0.1, -0.05) is 39.0 Å². The molecule has 5 nitrogen and oxygen atoms in total. The Bertz CT molecular complexity index is 977. The molecule has 28 heavy (non-hydrogen) atoms. The van der Waals surface area contributed by atoms with Gasteiger partial charge in [-0.3, -0.25) is 4.79 Å². The van der Waals surface area contributed by atoms with E-state index in [9.17, 15) is 4.79 Å². The van der Waals surface area contributed by atoms with E-state index < -0.39 is 0 Å². The summed E-state index contributed by atoms with van der Waals surface area (Å²) < 4.78 is 5.90. The predicted molar refractivity (Wildman–Crippen MR) is 116 cm³/mol. The number of nitrogens with zero attached hydrogens (tertiary/aromatic N) is 1. The molecule has 3 aromatic rings. The van der Waals surface area contributed by atoms with Crippen LogP contribution in [-0.2, 0) is 11.3 Å². The van der Waals surface area contributed by atoms with Crippen molar-refractivity contribution < 1.29 is 9.21 Å². The first-order chi connectivity index (χ1) is 13.5. The standard InChI is InChI=1S/C22H25N3O2S/c1-4-5-20(26)25-22(28)23-13-15-6-8-16(9-7-15)21-24-18-12-17(14(2)3)10-11-19(18)27-21/h6-12,14H,4-5,13H2,1-3H3,(H2,23,25,26,28). The lowest BCUT2D eigenvalue weighted by atomic mass is 10.0. The summed E-state index contributed by atoms with van der Waals surface area (Å²) in [6.45, 7) is 6.82. The first kappa shape index (κ1) is 20.0. The highest BCUT2D eigenvalue weighted by Crippen LogP contribution is 2.27. The van der Waals surface area contributed by atoms with Gasteiger partial charge in [0.1, 0.15) is 5.52 Å². The van der Waals surface area contributed by atoms with Gasteiger partial charge in [0.2, 0.25) is 11.8 Å². The van der Waals surface area contributed by atoms with E-state index in [4.69, 9.17) is 16.6 Å². The monoisotopic (exact) mass is 395 g/mol. The molecular weight excluding hydrogens is 370 g/mol. The number of aromatic nitrogens is 1. The van der Waals surface area contributed by atoms with E-state index in [0.717, 1.165) is 28.6 Å². The van der Waals surface area contributed by atoms with Crippen molar-refractivity contribution in [3.05, 3.63) is 53.6 Å². The number of rotatable bonds is 6. The van der Waals surface area contributed by atoms with Crippen molar-refractivity contribution in [2.75, 3.05) is 0 Å². The average Bonchev–Trinajstić information content (AvgIpc) is 3.10. The second-order valence-corrected chi connectivity index (χ2v) is 7.49. The summed E-state index contributed by atoms with van der Waals surface area (Å²) in [5, 5.41) is 6.07. The third kappa shape index (κ3) is 4.95. The molecule has 3 rings (SSSR count). The normalized spacial score (nSPS) is 11.0. The smallest absolute Gasteiger partial charge is 0.227 e. The fourth-order valence-electron chi connectivity index (χ4n) is 2.83. The minimum atomic E-state index is -0.0630. The molecule has 146 valence electrons. The largest absolute Gasteiger partial charge is 0.436 e. The van der Waals surface area contributed by atoms with Crippen molar-refractivity contribution in [2.45, 2.75) is 46.1 Å². The first-order valence-electron chi connectivity index (χ1n) is 9.53. The highest BCUT2D eigenvalue weighted by atomic mass is 32.1. The van der Waals surface area contributed by atoms with Crippen LogP contribution in [0.3, 0.4) is 0 Å². The van der Waals surface area contributed by atoms with E-state index in [1.165, 1.54) is 5.56 Å². The van der Waals surface area contributed by atoms with E-state index in [0.29, 0.717) is 29.9 Å². The Labute approximate surface area is 170 Å². The molecule has 1 aromatic heterocycles. The van der Waals surface area contributed by atoms with E-state index in [1.54, 1.807) is 0 Å². The second kappa shape index (κ2) is 8.97. The number of hydrogen-bond donors (Lipinski definition) is 2. The molecule has 0 aliphatic heterocycles. The van der Waals surface area contributed by atoms with Gasteiger partial charge < -0.3 is 15.1 Å². The summed E-state index contributed by atoms with van der Waals surface area (Å²) in [6, 6.07) is 14.1. The van der Waals surface area contributed by atoms with Gasteiger partial charge in [-0.05, 0) is 59.9 Å². The van der Waals surface area contributed by atoms with Crippen molar-refractivity contribution in [2.24, 2.45) is 0 Å². The minimum absolute atomic E-state index is 0.0630. The topological polar surface area (TPSA) is 67.2 Å². The summed E-state index contributed by atoms with van der Waals surface area (Å²) >= 11 is 5.14. The Morgan fingerprint density at radius 2 is 1.93 bits per heavy atom. The lowest BCUT2D eigenvalue weighted by molar-refractivity contribution is -0.119. The number of hydrogen-bond acceptors (Lipinski definition) is 4. The molecule has 2 aromatic carbocycles. The SMILES string of the molecule is CCCC(=O)NC(=S)NCc1ccc(-c2nc3cc(C(C)C)ccc3o2)cc1. The van der Waals surface area contributed by atoms with Crippen molar-refractivity contribution >= 4 is 34.3 Å². The maximum atomic E-state index is 11.5. The molecule has 0 radical (unpaired) electrons. The third-order valence-electron chi connectivity index (χ3n) is 4.46. The Morgan fingerprint density at radius 1 is 1.18 bits per heavy atom. The van der Waals surface area contributed by atoms with E-state index in [-0.39, 0.29) is 5.91 Å². The molecule has 6 heteroatoms. The second-order valence-electron chi connectivity index (χ2n) is 7.08. The van der Waals surface area contributed by atoms with E-state index in [2.05, 4.69) is 41.6 Å². The Kier molecular flexibility index (Phi) is 6.41. The Balaban J connectivity index is 1.65. The van der Waals surface area contributed by atoms with Crippen LogP contribution in [0, 0.1) is 0 Å². The van der Waals surface area contributed by atoms with Crippen LogP contribution < -0.4 is 10.6 Å². The van der Waals surface area contributed by atoms with Gasteiger partial charge in [0.15, 0.2) is 10.7 Å². The first-order valence-corrected chi connectivity index (χ1v) is 9.94. The molecule has 0 unspecified atom stereocenters. The van der Waals surface area contributed by atoms with Gasteiger partial charge in [-0.25, -0.2) is 4.98 Å². The average molecular weight is 396 g/mol. The zero-order valence-corrected chi connectivity index (χ0v) is 17.2. The maximum absolute atomic E-state index is 11.5. The number of fused-ring (bicyclic) bond motifs is 1. The molecule has 1 heterocycles. The van der Waals surface area contributed by atoms with Crippen LogP contribution in [-0.4, -0.2) is 16.0 Å². The summed E-state index contributed by atoms with van der Waals surface area (Å²) in [7, 11) is 0. The predicted octanol–water partition coefficient (Wildman–Crippen LogP) is 4.91. The van der Waals surface area contributed by atoms with E-state index >= 15 is 0 Å². The van der Waals surface area contributed by atoms with Crippen LogP contribution in [0.2, 0.25) is 0 Å². The molecule has 1 amide bonds. The van der Waals surface area contributed by atoms with Gasteiger partial charge in [0, 0.05) is 18.5 Å². The lowest BCUT2D eigenvalue weighted by Crippen LogP contribution is -2.38. The molecule has 2 N–H and O–H groups in total. The van der Waals surface area contributed by atoms with Gasteiger partial charge in [-0.15, -0.1) is 0 Å². The molecular formula is C22H25N3O2S. The van der Waals surface area contributed by atoms with Crippen LogP contribution in [0.15, 0.2) is 46.9 Å². The fourth-order valence-corrected chi connectivity index (χ4v) is 3.02. The van der Waals surface area contributed by atoms with E-state index in [1.807, 2.05) is 37.3 Å². The van der Waals surface area contributed by atoms with Gasteiger partial charge in [0.25, 0.3) is 0 Å². The van der Waals surface area contributed by atoms with Gasteiger partial charge in [0.05, 0.1) is 0 Å². The highest BCUT2D eigenvalue weighted by molar-refractivity contribution is 7.80. The number of carbonyl (C=O) groups excluding carboxylic acids is 1. The molecule has 0 fully saturated rings. The van der Waals surface area contributed by atoms with Crippen molar-refractivity contribution in [3.8, 4) is 11.5 Å². The Morgan fingerprint density at radius 3 is 2.61 bits per heavy atom. The van der Waals surface area contributed by atoms with Crippen molar-refractivity contribution in [1.29, 1.82) is 0 Å². The Hall–Kier alpha value is -2.73. The molecule has 0 aliphatic rings. The molecule has 0 bridgehead atoms. The summed E-state index contributed by atoms with van der Waals surface area (Å²) in [6.07, 6.45) is 1.27. The number of carbonyl (C=O) groups is 1. The molecule has 0 aliphatic carbocycles. The van der Waals surface area contributed by atoms with Crippen LogP contribution in [0.5, 0.6) is 0 Å². The summed E-state index contributed by atoms with van der Waals surface area (Å²) in [5.41, 5.74) is 4.88. The number of amides is 1.